The Bertz CT molecular complexity index is 416. The molecular weight excluding hydrogens is 200 g/mol. The zero-order chi connectivity index (χ0) is 12.0. The fourth-order valence-electron chi connectivity index (χ4n) is 1.07. The van der Waals surface area contributed by atoms with E-state index in [4.69, 9.17) is 16.2 Å². The molecule has 1 aromatic carbocycles. The molecule has 4 N–H and O–H groups in total. The summed E-state index contributed by atoms with van der Waals surface area (Å²) >= 11 is 0. The normalized spacial score (nSPS) is 12.3. The second-order valence-electron chi connectivity index (χ2n) is 3.21. The van der Waals surface area contributed by atoms with Crippen LogP contribution in [0.1, 0.15) is 6.92 Å². The molecule has 3 nitrogen and oxygen atoms in total. The van der Waals surface area contributed by atoms with Gasteiger partial charge in [-0.05, 0) is 43.3 Å². The number of benzene rings is 1. The van der Waals surface area contributed by atoms with Crippen LogP contribution in [0.4, 0.5) is 5.69 Å². The molecule has 0 aliphatic rings. The van der Waals surface area contributed by atoms with Crippen LogP contribution in [0.2, 0.25) is 0 Å². The van der Waals surface area contributed by atoms with E-state index in [2.05, 4.69) is 6.58 Å². The van der Waals surface area contributed by atoms with Gasteiger partial charge < -0.3 is 16.2 Å². The van der Waals surface area contributed by atoms with Crippen molar-refractivity contribution in [2.24, 2.45) is 5.73 Å². The number of hydrogen-bond acceptors (Lipinski definition) is 3. The van der Waals surface area contributed by atoms with Gasteiger partial charge in [-0.3, -0.25) is 0 Å². The van der Waals surface area contributed by atoms with Crippen molar-refractivity contribution in [3.63, 3.8) is 0 Å². The highest BCUT2D eigenvalue weighted by Gasteiger charge is 1.97. The molecule has 0 heterocycles. The average Bonchev–Trinajstić information content (AvgIpc) is 2.30. The third-order valence-electron chi connectivity index (χ3n) is 1.94. The van der Waals surface area contributed by atoms with Crippen LogP contribution in [-0.2, 0) is 0 Å². The maximum atomic E-state index is 5.63. The lowest BCUT2D eigenvalue weighted by Gasteiger charge is -2.06. The number of nitrogens with two attached hydrogens (primary N) is 2. The van der Waals surface area contributed by atoms with Gasteiger partial charge in [-0.2, -0.15) is 0 Å². The highest BCUT2D eigenvalue weighted by Crippen LogP contribution is 2.16. The molecule has 3 heteroatoms. The SMILES string of the molecule is C=C/C(N)=C\C(=C/C)Oc1ccc(N)cc1. The van der Waals surface area contributed by atoms with E-state index in [-0.39, 0.29) is 0 Å². The Morgan fingerprint density at radius 1 is 1.31 bits per heavy atom. The molecule has 84 valence electrons. The Hall–Kier alpha value is -2.16. The molecule has 0 atom stereocenters. The Labute approximate surface area is 95.7 Å². The van der Waals surface area contributed by atoms with E-state index < -0.39 is 0 Å². The van der Waals surface area contributed by atoms with Gasteiger partial charge in [0.1, 0.15) is 11.5 Å². The lowest BCUT2D eigenvalue weighted by molar-refractivity contribution is 0.443. The van der Waals surface area contributed by atoms with E-state index in [9.17, 15) is 0 Å². The Kier molecular flexibility index (Phi) is 4.21. The molecule has 1 rings (SSSR count). The van der Waals surface area contributed by atoms with Crippen molar-refractivity contribution in [3.05, 3.63) is 60.5 Å². The maximum absolute atomic E-state index is 5.63. The molecule has 0 aromatic heterocycles. The van der Waals surface area contributed by atoms with E-state index >= 15 is 0 Å². The van der Waals surface area contributed by atoms with Gasteiger partial charge in [0.05, 0.1) is 0 Å². The van der Waals surface area contributed by atoms with Crippen molar-refractivity contribution in [3.8, 4) is 5.75 Å². The van der Waals surface area contributed by atoms with Crippen LogP contribution in [0.25, 0.3) is 0 Å². The topological polar surface area (TPSA) is 61.3 Å². The van der Waals surface area contributed by atoms with Crippen LogP contribution in [0.15, 0.2) is 60.5 Å². The largest absolute Gasteiger partial charge is 0.458 e. The Morgan fingerprint density at radius 2 is 1.94 bits per heavy atom. The van der Waals surface area contributed by atoms with Crippen molar-refractivity contribution < 1.29 is 4.74 Å². The molecule has 0 fully saturated rings. The molecule has 0 aliphatic carbocycles. The first-order chi connectivity index (χ1) is 7.65. The minimum Gasteiger partial charge on any atom is -0.458 e. The summed E-state index contributed by atoms with van der Waals surface area (Å²) in [5, 5.41) is 0. The highest BCUT2D eigenvalue weighted by molar-refractivity contribution is 5.42. The number of ether oxygens (including phenoxy) is 1. The smallest absolute Gasteiger partial charge is 0.127 e. The first-order valence-electron chi connectivity index (χ1n) is 4.95. The van der Waals surface area contributed by atoms with Gasteiger partial charge in [0.2, 0.25) is 0 Å². The number of nitrogen functional groups attached to an aromatic ring is 1. The lowest BCUT2D eigenvalue weighted by Crippen LogP contribution is -1.98. The van der Waals surface area contributed by atoms with E-state index in [0.717, 1.165) is 5.75 Å². The highest BCUT2D eigenvalue weighted by atomic mass is 16.5. The van der Waals surface area contributed by atoms with Gasteiger partial charge in [-0.25, -0.2) is 0 Å². The van der Waals surface area contributed by atoms with Crippen molar-refractivity contribution in [1.82, 2.24) is 0 Å². The first kappa shape index (κ1) is 11.9. The third kappa shape index (κ3) is 3.53. The van der Waals surface area contributed by atoms with Gasteiger partial charge in [0.25, 0.3) is 0 Å². The van der Waals surface area contributed by atoms with Gasteiger partial charge in [-0.1, -0.05) is 6.58 Å². The quantitative estimate of drug-likeness (QED) is 0.462. The molecule has 0 saturated carbocycles. The van der Waals surface area contributed by atoms with Crippen LogP contribution in [0.3, 0.4) is 0 Å². The van der Waals surface area contributed by atoms with E-state index in [1.807, 2.05) is 13.0 Å². The van der Waals surface area contributed by atoms with Gasteiger partial charge >= 0.3 is 0 Å². The summed E-state index contributed by atoms with van der Waals surface area (Å²) in [5.41, 5.74) is 12.5. The van der Waals surface area contributed by atoms with E-state index in [0.29, 0.717) is 17.1 Å². The second kappa shape index (κ2) is 5.66. The molecule has 16 heavy (non-hydrogen) atoms. The lowest BCUT2D eigenvalue weighted by atomic mass is 10.3. The van der Waals surface area contributed by atoms with Gasteiger partial charge in [-0.15, -0.1) is 0 Å². The van der Waals surface area contributed by atoms with E-state index in [1.165, 1.54) is 0 Å². The summed E-state index contributed by atoms with van der Waals surface area (Å²) in [7, 11) is 0. The Balaban J connectivity index is 2.79. The number of anilines is 1. The van der Waals surface area contributed by atoms with E-state index in [1.54, 1.807) is 36.4 Å². The maximum Gasteiger partial charge on any atom is 0.127 e. The summed E-state index contributed by atoms with van der Waals surface area (Å²) < 4.78 is 5.59. The average molecular weight is 216 g/mol. The monoisotopic (exact) mass is 216 g/mol. The van der Waals surface area contributed by atoms with Crippen molar-refractivity contribution in [2.45, 2.75) is 6.92 Å². The molecule has 0 radical (unpaired) electrons. The van der Waals surface area contributed by atoms with Crippen molar-refractivity contribution >= 4 is 5.69 Å². The molecule has 0 amide bonds. The van der Waals surface area contributed by atoms with Crippen LogP contribution in [-0.4, -0.2) is 0 Å². The molecule has 1 aromatic rings. The molecule has 0 spiro atoms. The summed E-state index contributed by atoms with van der Waals surface area (Å²) in [6.07, 6.45) is 5.10. The number of hydrogen-bond donors (Lipinski definition) is 2. The molecule has 0 unspecified atom stereocenters. The minimum absolute atomic E-state index is 0.559. The predicted octanol–water partition coefficient (Wildman–Crippen LogP) is 2.58. The molecular formula is C13H16N2O. The standard InChI is InChI=1S/C13H16N2O/c1-3-10(14)9-12(4-2)16-13-7-5-11(15)6-8-13/h3-9H,1,14-15H2,2H3/b10-9+,12-4+. The summed E-state index contributed by atoms with van der Waals surface area (Å²) in [4.78, 5) is 0. The summed E-state index contributed by atoms with van der Waals surface area (Å²) in [6.45, 7) is 5.45. The summed E-state index contributed by atoms with van der Waals surface area (Å²) in [5.74, 6) is 1.39. The molecule has 0 bridgehead atoms. The zero-order valence-corrected chi connectivity index (χ0v) is 9.31. The third-order valence-corrected chi connectivity index (χ3v) is 1.94. The van der Waals surface area contributed by atoms with Crippen LogP contribution in [0, 0.1) is 0 Å². The number of rotatable bonds is 4. The van der Waals surface area contributed by atoms with Gasteiger partial charge in [0, 0.05) is 17.5 Å². The Morgan fingerprint density at radius 3 is 2.44 bits per heavy atom. The minimum atomic E-state index is 0.559. The second-order valence-corrected chi connectivity index (χ2v) is 3.21. The molecule has 0 aliphatic heterocycles. The van der Waals surface area contributed by atoms with Crippen LogP contribution in [0.5, 0.6) is 5.75 Å². The molecule has 0 saturated heterocycles. The van der Waals surface area contributed by atoms with Crippen LogP contribution < -0.4 is 16.2 Å². The fraction of sp³-hybridized carbons (Fsp3) is 0.0769. The van der Waals surface area contributed by atoms with Gasteiger partial charge in [0.15, 0.2) is 0 Å². The fourth-order valence-corrected chi connectivity index (χ4v) is 1.07. The van der Waals surface area contributed by atoms with Crippen molar-refractivity contribution in [2.75, 3.05) is 5.73 Å². The number of allylic oxidation sites excluding steroid dienone is 3. The zero-order valence-electron chi connectivity index (χ0n) is 9.31. The first-order valence-corrected chi connectivity index (χ1v) is 4.95. The van der Waals surface area contributed by atoms with Crippen LogP contribution >= 0.6 is 0 Å². The summed E-state index contributed by atoms with van der Waals surface area (Å²) in [6, 6.07) is 7.17. The van der Waals surface area contributed by atoms with Crippen molar-refractivity contribution in [1.29, 1.82) is 0 Å². The predicted molar refractivity (Wildman–Crippen MR) is 67.7 cm³/mol.